The van der Waals surface area contributed by atoms with Crippen molar-refractivity contribution in [2.24, 2.45) is 0 Å². The van der Waals surface area contributed by atoms with Crippen molar-refractivity contribution in [2.45, 2.75) is 123 Å². The van der Waals surface area contributed by atoms with Crippen molar-refractivity contribution < 1.29 is 24.2 Å². The summed E-state index contributed by atoms with van der Waals surface area (Å²) in [6.07, 6.45) is 13.8. The zero-order valence-electron chi connectivity index (χ0n) is 20.2. The van der Waals surface area contributed by atoms with E-state index in [1.165, 1.54) is 31.7 Å². The molecule has 2 atom stereocenters. The third-order valence-corrected chi connectivity index (χ3v) is 5.76. The summed E-state index contributed by atoms with van der Waals surface area (Å²) in [5.41, 5.74) is 1.23. The Morgan fingerprint density at radius 2 is 1.38 bits per heavy atom. The van der Waals surface area contributed by atoms with Crippen molar-refractivity contribution in [1.82, 2.24) is 0 Å². The second-order valence-corrected chi connectivity index (χ2v) is 8.78. The van der Waals surface area contributed by atoms with E-state index in [0.29, 0.717) is 19.1 Å². The highest BCUT2D eigenvalue weighted by atomic mass is 16.5. The number of hydrogen-bond acceptors (Lipinski definition) is 4. The average Bonchev–Trinajstić information content (AvgIpc) is 2.76. The lowest BCUT2D eigenvalue weighted by molar-refractivity contribution is -0.147. The Hall–Kier alpha value is -1.88. The standard InChI is InChI=1S/C27H44O5/c1-3-4-8-17-25(31-22-24-15-9-7-10-16-24)18-11-5-6-12-19-26(32-23(2)28)20-13-14-21-27(29)30/h7,9-10,15-16,25-26H,3-6,8,11-14,17-22H2,1-2H3,(H,29,30). The smallest absolute Gasteiger partial charge is 0.303 e. The molecule has 0 bridgehead atoms. The molecule has 0 aromatic heterocycles. The van der Waals surface area contributed by atoms with Gasteiger partial charge in [0, 0.05) is 13.3 Å². The van der Waals surface area contributed by atoms with Crippen molar-refractivity contribution in [2.75, 3.05) is 0 Å². The van der Waals surface area contributed by atoms with Gasteiger partial charge in [-0.1, -0.05) is 75.8 Å². The largest absolute Gasteiger partial charge is 0.481 e. The lowest BCUT2D eigenvalue weighted by atomic mass is 10.0. The van der Waals surface area contributed by atoms with E-state index in [0.717, 1.165) is 57.8 Å². The zero-order valence-corrected chi connectivity index (χ0v) is 20.2. The molecule has 182 valence electrons. The lowest BCUT2D eigenvalue weighted by Gasteiger charge is -2.19. The fourth-order valence-corrected chi connectivity index (χ4v) is 3.96. The van der Waals surface area contributed by atoms with E-state index in [2.05, 4.69) is 31.2 Å². The zero-order chi connectivity index (χ0) is 23.4. The van der Waals surface area contributed by atoms with Gasteiger partial charge in [0.1, 0.15) is 6.10 Å². The van der Waals surface area contributed by atoms with E-state index in [1.807, 2.05) is 6.07 Å². The Bertz CT molecular complexity index is 601. The van der Waals surface area contributed by atoms with Crippen LogP contribution in [0, 0.1) is 0 Å². The third kappa shape index (κ3) is 15.9. The van der Waals surface area contributed by atoms with Crippen molar-refractivity contribution in [1.29, 1.82) is 0 Å². The second-order valence-electron chi connectivity index (χ2n) is 8.78. The molecule has 5 heteroatoms. The summed E-state index contributed by atoms with van der Waals surface area (Å²) >= 11 is 0. The molecule has 0 fully saturated rings. The van der Waals surface area contributed by atoms with Gasteiger partial charge in [0.15, 0.2) is 0 Å². The molecule has 0 aliphatic carbocycles. The number of rotatable bonds is 20. The van der Waals surface area contributed by atoms with Crippen LogP contribution in [-0.2, 0) is 25.7 Å². The first kappa shape index (κ1) is 28.2. The van der Waals surface area contributed by atoms with Gasteiger partial charge in [-0.05, 0) is 50.5 Å². The Morgan fingerprint density at radius 1 is 0.812 bits per heavy atom. The predicted molar refractivity (Wildman–Crippen MR) is 129 cm³/mol. The number of esters is 1. The number of unbranched alkanes of at least 4 members (excludes halogenated alkanes) is 6. The van der Waals surface area contributed by atoms with Gasteiger partial charge in [-0.3, -0.25) is 9.59 Å². The summed E-state index contributed by atoms with van der Waals surface area (Å²) in [4.78, 5) is 22.0. The number of carbonyl (C=O) groups is 2. The Kier molecular flexibility index (Phi) is 16.4. The summed E-state index contributed by atoms with van der Waals surface area (Å²) in [5, 5.41) is 8.74. The first-order valence-electron chi connectivity index (χ1n) is 12.6. The molecule has 0 amide bonds. The Balaban J connectivity index is 2.26. The molecule has 1 N–H and O–H groups in total. The minimum Gasteiger partial charge on any atom is -0.481 e. The van der Waals surface area contributed by atoms with Crippen molar-refractivity contribution >= 4 is 11.9 Å². The minimum atomic E-state index is -0.769. The molecule has 0 saturated carbocycles. The van der Waals surface area contributed by atoms with Crippen LogP contribution in [0.4, 0.5) is 0 Å². The van der Waals surface area contributed by atoms with Gasteiger partial charge >= 0.3 is 11.9 Å². The van der Waals surface area contributed by atoms with Gasteiger partial charge < -0.3 is 14.6 Å². The summed E-state index contributed by atoms with van der Waals surface area (Å²) in [6.45, 7) is 4.36. The second kappa shape index (κ2) is 18.7. The monoisotopic (exact) mass is 448 g/mol. The topological polar surface area (TPSA) is 72.8 Å². The number of hydrogen-bond donors (Lipinski definition) is 1. The maximum absolute atomic E-state index is 11.3. The van der Waals surface area contributed by atoms with Crippen molar-refractivity contribution in [3.05, 3.63) is 35.9 Å². The molecule has 0 aliphatic rings. The van der Waals surface area contributed by atoms with E-state index >= 15 is 0 Å². The summed E-state index contributed by atoms with van der Waals surface area (Å²) < 4.78 is 11.7. The summed E-state index contributed by atoms with van der Waals surface area (Å²) in [6, 6.07) is 10.4. The van der Waals surface area contributed by atoms with Gasteiger partial charge in [-0.2, -0.15) is 0 Å². The quantitative estimate of drug-likeness (QED) is 0.171. The van der Waals surface area contributed by atoms with Gasteiger partial charge in [0.25, 0.3) is 0 Å². The van der Waals surface area contributed by atoms with Gasteiger partial charge in [-0.25, -0.2) is 0 Å². The molecule has 2 unspecified atom stereocenters. The van der Waals surface area contributed by atoms with E-state index in [1.54, 1.807) is 0 Å². The predicted octanol–water partition coefficient (Wildman–Crippen LogP) is 7.07. The van der Waals surface area contributed by atoms with Gasteiger partial charge in [0.2, 0.25) is 0 Å². The van der Waals surface area contributed by atoms with Crippen molar-refractivity contribution in [3.63, 3.8) is 0 Å². The lowest BCUT2D eigenvalue weighted by Crippen LogP contribution is -2.16. The van der Waals surface area contributed by atoms with Gasteiger partial charge in [-0.15, -0.1) is 0 Å². The Labute approximate surface area is 194 Å². The highest BCUT2D eigenvalue weighted by Gasteiger charge is 2.13. The van der Waals surface area contributed by atoms with Crippen LogP contribution in [0.2, 0.25) is 0 Å². The number of ether oxygens (including phenoxy) is 2. The van der Waals surface area contributed by atoms with Crippen LogP contribution < -0.4 is 0 Å². The maximum atomic E-state index is 11.3. The fraction of sp³-hybridized carbons (Fsp3) is 0.704. The molecular weight excluding hydrogens is 404 g/mol. The molecule has 0 aliphatic heterocycles. The van der Waals surface area contributed by atoms with Crippen LogP contribution >= 0.6 is 0 Å². The van der Waals surface area contributed by atoms with Crippen LogP contribution in [0.25, 0.3) is 0 Å². The SMILES string of the molecule is CCCCCC(CCCCCCC(CCCCC(=O)O)OC(C)=O)OCc1ccccc1. The van der Waals surface area contributed by atoms with Crippen LogP contribution in [0.3, 0.4) is 0 Å². The van der Waals surface area contributed by atoms with E-state index in [-0.39, 0.29) is 18.5 Å². The molecule has 5 nitrogen and oxygen atoms in total. The summed E-state index contributed by atoms with van der Waals surface area (Å²) in [7, 11) is 0. The van der Waals surface area contributed by atoms with Crippen LogP contribution in [0.5, 0.6) is 0 Å². The maximum Gasteiger partial charge on any atom is 0.303 e. The van der Waals surface area contributed by atoms with Crippen LogP contribution in [-0.4, -0.2) is 29.3 Å². The molecule has 1 aromatic carbocycles. The number of carboxylic acids is 1. The minimum absolute atomic E-state index is 0.0858. The third-order valence-electron chi connectivity index (χ3n) is 5.76. The van der Waals surface area contributed by atoms with E-state index in [9.17, 15) is 9.59 Å². The fourth-order valence-electron chi connectivity index (χ4n) is 3.96. The molecule has 0 heterocycles. The molecule has 32 heavy (non-hydrogen) atoms. The average molecular weight is 449 g/mol. The molecule has 0 spiro atoms. The molecule has 1 aromatic rings. The van der Waals surface area contributed by atoms with E-state index < -0.39 is 5.97 Å². The summed E-state index contributed by atoms with van der Waals surface area (Å²) in [5.74, 6) is -1.02. The van der Waals surface area contributed by atoms with E-state index in [4.69, 9.17) is 14.6 Å². The number of benzene rings is 1. The highest BCUT2D eigenvalue weighted by Crippen LogP contribution is 2.19. The molecule has 0 radical (unpaired) electrons. The number of carboxylic acid groups (broad SMARTS) is 1. The first-order chi connectivity index (χ1) is 15.5. The van der Waals surface area contributed by atoms with Crippen LogP contribution in [0.1, 0.15) is 109 Å². The molecule has 1 rings (SSSR count). The highest BCUT2D eigenvalue weighted by molar-refractivity contribution is 5.66. The molecular formula is C27H44O5. The van der Waals surface area contributed by atoms with Crippen molar-refractivity contribution in [3.8, 4) is 0 Å². The van der Waals surface area contributed by atoms with Gasteiger partial charge in [0.05, 0.1) is 12.7 Å². The first-order valence-corrected chi connectivity index (χ1v) is 12.6. The van der Waals surface area contributed by atoms with Crippen LogP contribution in [0.15, 0.2) is 30.3 Å². The number of carbonyl (C=O) groups excluding carboxylic acids is 1. The molecule has 0 saturated heterocycles. The number of aliphatic carboxylic acids is 1. The normalized spacial score (nSPS) is 12.9. The Morgan fingerprint density at radius 3 is 1.94 bits per heavy atom.